The Kier molecular flexibility index (Phi) is 3.99. The van der Waals surface area contributed by atoms with Crippen LogP contribution in [0.5, 0.6) is 5.75 Å². The Morgan fingerprint density at radius 3 is 2.50 bits per heavy atom. The van der Waals surface area contributed by atoms with E-state index in [2.05, 4.69) is 10.4 Å². The van der Waals surface area contributed by atoms with Gasteiger partial charge in [-0.05, 0) is 42.5 Å². The Bertz CT molecular complexity index is 1040. The van der Waals surface area contributed by atoms with Gasteiger partial charge in [-0.25, -0.2) is 4.79 Å². The lowest BCUT2D eigenvalue weighted by atomic mass is 10.1. The molecule has 6 heteroatoms. The zero-order valence-electron chi connectivity index (χ0n) is 13.7. The van der Waals surface area contributed by atoms with Crippen LogP contribution in [0.3, 0.4) is 0 Å². The minimum Gasteiger partial charge on any atom is -0.507 e. The number of hydrogen-bond donors (Lipinski definition) is 2. The molecule has 2 aromatic heterocycles. The Morgan fingerprint density at radius 1 is 1.00 bits per heavy atom. The summed E-state index contributed by atoms with van der Waals surface area (Å²) in [5.74, 6) is 0.597. The summed E-state index contributed by atoms with van der Waals surface area (Å²) in [4.78, 5) is 12.8. The second-order valence-electron chi connectivity index (χ2n) is 5.62. The van der Waals surface area contributed by atoms with Gasteiger partial charge in [-0.2, -0.15) is 9.78 Å². The minimum atomic E-state index is -0.438. The number of phenolic OH excluding ortho intramolecular Hbond substituents is 1. The first-order valence-electron chi connectivity index (χ1n) is 8.01. The maximum absolute atomic E-state index is 12.8. The number of furan rings is 1. The van der Waals surface area contributed by atoms with E-state index < -0.39 is 6.03 Å². The first-order chi connectivity index (χ1) is 12.7. The zero-order chi connectivity index (χ0) is 17.9. The van der Waals surface area contributed by atoms with E-state index in [1.54, 1.807) is 54.6 Å². The lowest BCUT2D eigenvalue weighted by molar-refractivity contribution is 0.251. The summed E-state index contributed by atoms with van der Waals surface area (Å²) in [5, 5.41) is 17.4. The number of aromatic nitrogens is 2. The molecule has 0 aliphatic rings. The van der Waals surface area contributed by atoms with E-state index in [0.717, 1.165) is 0 Å². The molecule has 2 aromatic carbocycles. The molecule has 6 nitrogen and oxygen atoms in total. The van der Waals surface area contributed by atoms with Gasteiger partial charge < -0.3 is 14.8 Å². The molecular formula is C20H15N3O3. The first-order valence-corrected chi connectivity index (χ1v) is 8.01. The topological polar surface area (TPSA) is 80.3 Å². The molecule has 4 rings (SSSR count). The number of hydrogen-bond acceptors (Lipinski definition) is 4. The van der Waals surface area contributed by atoms with E-state index in [-0.39, 0.29) is 5.75 Å². The van der Waals surface area contributed by atoms with Crippen LogP contribution in [-0.4, -0.2) is 20.9 Å². The molecular weight excluding hydrogens is 330 g/mol. The first kappa shape index (κ1) is 15.7. The van der Waals surface area contributed by atoms with Gasteiger partial charge in [-0.15, -0.1) is 0 Å². The second kappa shape index (κ2) is 6.60. The van der Waals surface area contributed by atoms with Crippen LogP contribution in [0.25, 0.3) is 22.7 Å². The summed E-state index contributed by atoms with van der Waals surface area (Å²) in [6.07, 6.45) is 1.54. The molecule has 0 aliphatic heterocycles. The van der Waals surface area contributed by atoms with Gasteiger partial charge in [0.05, 0.1) is 12.0 Å². The number of nitrogens with one attached hydrogen (secondary N) is 1. The molecule has 1 amide bonds. The number of anilines is 1. The van der Waals surface area contributed by atoms with Crippen LogP contribution in [-0.2, 0) is 0 Å². The van der Waals surface area contributed by atoms with E-state index in [1.807, 2.05) is 18.2 Å². The maximum Gasteiger partial charge on any atom is 0.347 e. The summed E-state index contributed by atoms with van der Waals surface area (Å²) < 4.78 is 6.60. The quantitative estimate of drug-likeness (QED) is 0.569. The molecule has 128 valence electrons. The van der Waals surface area contributed by atoms with Crippen LogP contribution in [0.15, 0.2) is 83.5 Å². The number of amides is 1. The summed E-state index contributed by atoms with van der Waals surface area (Å²) >= 11 is 0. The predicted octanol–water partition coefficient (Wildman–Crippen LogP) is 4.60. The number of carbonyl (C=O) groups is 1. The Morgan fingerprint density at radius 2 is 1.77 bits per heavy atom. The Balaban J connectivity index is 1.79. The summed E-state index contributed by atoms with van der Waals surface area (Å²) in [6, 6.07) is 20.7. The molecule has 0 aliphatic carbocycles. The van der Waals surface area contributed by atoms with Gasteiger partial charge in [0.25, 0.3) is 0 Å². The molecule has 2 heterocycles. The number of carbonyl (C=O) groups excluding carboxylic acids is 1. The van der Waals surface area contributed by atoms with Crippen LogP contribution >= 0.6 is 0 Å². The van der Waals surface area contributed by atoms with Crippen LogP contribution in [0.4, 0.5) is 10.5 Å². The number of rotatable bonds is 3. The van der Waals surface area contributed by atoms with Gasteiger partial charge in [0, 0.05) is 11.3 Å². The Labute approximate surface area is 149 Å². The van der Waals surface area contributed by atoms with Crippen LogP contribution in [0, 0.1) is 0 Å². The average Bonchev–Trinajstić information content (AvgIpc) is 3.33. The molecule has 0 bridgehead atoms. The van der Waals surface area contributed by atoms with Gasteiger partial charge in [-0.3, -0.25) is 0 Å². The Hall–Kier alpha value is -3.80. The van der Waals surface area contributed by atoms with E-state index in [0.29, 0.717) is 28.4 Å². The van der Waals surface area contributed by atoms with Crippen molar-refractivity contribution in [3.8, 4) is 28.5 Å². The lowest BCUT2D eigenvalue weighted by Gasteiger charge is -2.09. The molecule has 0 spiro atoms. The molecule has 0 atom stereocenters. The van der Waals surface area contributed by atoms with Crippen molar-refractivity contribution in [2.75, 3.05) is 5.32 Å². The highest BCUT2D eigenvalue weighted by molar-refractivity contribution is 5.94. The third-order valence-electron chi connectivity index (χ3n) is 3.88. The average molecular weight is 345 g/mol. The molecule has 0 saturated heterocycles. The fourth-order valence-corrected chi connectivity index (χ4v) is 2.66. The molecule has 26 heavy (non-hydrogen) atoms. The third kappa shape index (κ3) is 2.95. The molecule has 0 radical (unpaired) electrons. The van der Waals surface area contributed by atoms with E-state index >= 15 is 0 Å². The van der Waals surface area contributed by atoms with Crippen LogP contribution < -0.4 is 5.32 Å². The van der Waals surface area contributed by atoms with Gasteiger partial charge in [0.1, 0.15) is 11.4 Å². The molecule has 0 unspecified atom stereocenters. The third-order valence-corrected chi connectivity index (χ3v) is 3.88. The maximum atomic E-state index is 12.8. The monoisotopic (exact) mass is 345 g/mol. The molecule has 0 saturated carbocycles. The number of aromatic hydroxyl groups is 1. The highest BCUT2D eigenvalue weighted by Crippen LogP contribution is 2.32. The van der Waals surface area contributed by atoms with Crippen molar-refractivity contribution in [1.29, 1.82) is 0 Å². The lowest BCUT2D eigenvalue weighted by Crippen LogP contribution is -2.21. The van der Waals surface area contributed by atoms with Crippen LogP contribution in [0.1, 0.15) is 0 Å². The summed E-state index contributed by atoms with van der Waals surface area (Å²) in [6.45, 7) is 0. The molecule has 2 N–H and O–H groups in total. The fourth-order valence-electron chi connectivity index (χ4n) is 2.66. The summed E-state index contributed by atoms with van der Waals surface area (Å²) in [7, 11) is 0. The van der Waals surface area contributed by atoms with E-state index in [1.165, 1.54) is 10.9 Å². The normalized spacial score (nSPS) is 10.6. The van der Waals surface area contributed by atoms with Gasteiger partial charge in [0.2, 0.25) is 0 Å². The van der Waals surface area contributed by atoms with Crippen molar-refractivity contribution >= 4 is 11.7 Å². The van der Waals surface area contributed by atoms with E-state index in [9.17, 15) is 9.90 Å². The number of benzene rings is 2. The highest BCUT2D eigenvalue weighted by atomic mass is 16.3. The minimum absolute atomic E-state index is 0.0622. The van der Waals surface area contributed by atoms with Crippen molar-refractivity contribution in [2.45, 2.75) is 0 Å². The fraction of sp³-hybridized carbons (Fsp3) is 0. The van der Waals surface area contributed by atoms with Crippen LogP contribution in [0.2, 0.25) is 0 Å². The van der Waals surface area contributed by atoms with E-state index in [4.69, 9.17) is 4.42 Å². The summed E-state index contributed by atoms with van der Waals surface area (Å²) in [5.41, 5.74) is 2.11. The van der Waals surface area contributed by atoms with Crippen molar-refractivity contribution in [3.05, 3.63) is 79.1 Å². The van der Waals surface area contributed by atoms with Gasteiger partial charge in [0.15, 0.2) is 5.76 Å². The van der Waals surface area contributed by atoms with Crippen molar-refractivity contribution in [1.82, 2.24) is 9.78 Å². The standard InChI is InChI=1S/C20H15N3O3/c24-18-10-5-4-9-15(18)17-13-16(19-11-6-12-26-19)22-23(17)20(25)21-14-7-2-1-3-8-14/h1-13,24H,(H,21,25). The van der Waals surface area contributed by atoms with Gasteiger partial charge >= 0.3 is 6.03 Å². The number of para-hydroxylation sites is 2. The zero-order valence-corrected chi connectivity index (χ0v) is 13.7. The SMILES string of the molecule is O=C(Nc1ccccc1)n1nc(-c2ccco2)cc1-c1ccccc1O. The van der Waals surface area contributed by atoms with Gasteiger partial charge in [-0.1, -0.05) is 30.3 Å². The second-order valence-corrected chi connectivity index (χ2v) is 5.62. The molecule has 0 fully saturated rings. The molecule has 4 aromatic rings. The number of nitrogens with zero attached hydrogens (tertiary/aromatic N) is 2. The van der Waals surface area contributed by atoms with Crippen molar-refractivity contribution in [3.63, 3.8) is 0 Å². The predicted molar refractivity (Wildman–Crippen MR) is 97.9 cm³/mol. The highest BCUT2D eigenvalue weighted by Gasteiger charge is 2.20. The smallest absolute Gasteiger partial charge is 0.347 e. The number of phenols is 1. The van der Waals surface area contributed by atoms with Crippen molar-refractivity contribution in [2.24, 2.45) is 0 Å². The largest absolute Gasteiger partial charge is 0.507 e. The van der Waals surface area contributed by atoms with Crippen molar-refractivity contribution < 1.29 is 14.3 Å².